The fourth-order valence-electron chi connectivity index (χ4n) is 1.72. The van der Waals surface area contributed by atoms with Crippen LogP contribution in [0.1, 0.15) is 25.8 Å². The average molecular weight is 300 g/mol. The maximum atomic E-state index is 4.33. The van der Waals surface area contributed by atoms with Gasteiger partial charge in [-0.15, -0.1) is 0 Å². The lowest BCUT2D eigenvalue weighted by Crippen LogP contribution is -2.29. The van der Waals surface area contributed by atoms with E-state index in [1.54, 1.807) is 0 Å². The van der Waals surface area contributed by atoms with Crippen molar-refractivity contribution in [1.29, 1.82) is 0 Å². The first kappa shape index (κ1) is 14.5. The number of aromatic nitrogens is 1. The Kier molecular flexibility index (Phi) is 6.52. The largest absolute Gasteiger partial charge is 0.369 e. The van der Waals surface area contributed by atoms with Crippen molar-refractivity contribution in [3.63, 3.8) is 0 Å². The number of nitrogens with zero attached hydrogens (tertiary/aromatic N) is 2. The van der Waals surface area contributed by atoms with Crippen LogP contribution in [0.3, 0.4) is 0 Å². The van der Waals surface area contributed by atoms with E-state index in [-0.39, 0.29) is 0 Å². The van der Waals surface area contributed by atoms with Crippen molar-refractivity contribution in [2.45, 2.75) is 27.2 Å². The van der Waals surface area contributed by atoms with Gasteiger partial charge in [-0.25, -0.2) is 4.98 Å². The van der Waals surface area contributed by atoms with Crippen molar-refractivity contribution in [3.8, 4) is 0 Å². The highest BCUT2D eigenvalue weighted by atomic mass is 79.9. The van der Waals surface area contributed by atoms with Crippen LogP contribution in [0.4, 0.5) is 5.82 Å². The quantitative estimate of drug-likeness (QED) is 0.837. The SMILES string of the molecule is CCCN(CC)CCNc1cc(C)c(Br)cn1. The molecule has 1 N–H and O–H groups in total. The maximum absolute atomic E-state index is 4.33. The highest BCUT2D eigenvalue weighted by molar-refractivity contribution is 9.10. The number of aryl methyl sites for hydroxylation is 1. The standard InChI is InChI=1S/C13H22BrN3/c1-4-7-17(5-2)8-6-15-13-9-11(3)12(14)10-16-13/h9-10H,4-8H2,1-3H3,(H,15,16). The van der Waals surface area contributed by atoms with E-state index in [4.69, 9.17) is 0 Å². The van der Waals surface area contributed by atoms with Crippen LogP contribution in [0, 0.1) is 6.92 Å². The van der Waals surface area contributed by atoms with Gasteiger partial charge < -0.3 is 10.2 Å². The summed E-state index contributed by atoms with van der Waals surface area (Å²) in [6, 6.07) is 2.07. The molecule has 1 heterocycles. The summed E-state index contributed by atoms with van der Waals surface area (Å²) in [6.45, 7) is 10.8. The van der Waals surface area contributed by atoms with Crippen molar-refractivity contribution in [1.82, 2.24) is 9.88 Å². The summed E-state index contributed by atoms with van der Waals surface area (Å²) in [5, 5.41) is 3.36. The molecule has 96 valence electrons. The lowest BCUT2D eigenvalue weighted by molar-refractivity contribution is 0.300. The van der Waals surface area contributed by atoms with Gasteiger partial charge in [-0.3, -0.25) is 0 Å². The van der Waals surface area contributed by atoms with Crippen LogP contribution in [-0.2, 0) is 0 Å². The van der Waals surface area contributed by atoms with Crippen molar-refractivity contribution in [2.75, 3.05) is 31.5 Å². The number of halogens is 1. The first-order valence-electron chi connectivity index (χ1n) is 6.25. The van der Waals surface area contributed by atoms with Gasteiger partial charge in [0.05, 0.1) is 0 Å². The molecular formula is C13H22BrN3. The molecule has 1 aromatic rings. The Labute approximate surface area is 113 Å². The molecule has 1 rings (SSSR count). The highest BCUT2D eigenvalue weighted by Gasteiger charge is 2.01. The molecule has 0 unspecified atom stereocenters. The number of hydrogen-bond donors (Lipinski definition) is 1. The number of hydrogen-bond acceptors (Lipinski definition) is 3. The number of likely N-dealkylation sites (N-methyl/N-ethyl adjacent to an activating group) is 1. The normalized spacial score (nSPS) is 10.9. The maximum Gasteiger partial charge on any atom is 0.126 e. The van der Waals surface area contributed by atoms with Crippen molar-refractivity contribution in [3.05, 3.63) is 22.3 Å². The van der Waals surface area contributed by atoms with Gasteiger partial charge in [0.15, 0.2) is 0 Å². The molecule has 0 aliphatic carbocycles. The van der Waals surface area contributed by atoms with E-state index >= 15 is 0 Å². The lowest BCUT2D eigenvalue weighted by atomic mass is 10.3. The van der Waals surface area contributed by atoms with E-state index in [0.29, 0.717) is 0 Å². The summed E-state index contributed by atoms with van der Waals surface area (Å²) >= 11 is 3.45. The van der Waals surface area contributed by atoms with Crippen LogP contribution in [0.5, 0.6) is 0 Å². The molecule has 4 heteroatoms. The second-order valence-electron chi connectivity index (χ2n) is 4.18. The molecule has 3 nitrogen and oxygen atoms in total. The minimum atomic E-state index is 0.946. The van der Waals surface area contributed by atoms with Gasteiger partial charge in [0.1, 0.15) is 5.82 Å². The van der Waals surface area contributed by atoms with Gasteiger partial charge in [0.25, 0.3) is 0 Å². The predicted molar refractivity (Wildman–Crippen MR) is 77.6 cm³/mol. The molecule has 1 aromatic heterocycles. The van der Waals surface area contributed by atoms with Gasteiger partial charge in [0.2, 0.25) is 0 Å². The zero-order chi connectivity index (χ0) is 12.7. The smallest absolute Gasteiger partial charge is 0.126 e. The summed E-state index contributed by atoms with van der Waals surface area (Å²) in [7, 11) is 0. The Morgan fingerprint density at radius 3 is 2.71 bits per heavy atom. The van der Waals surface area contributed by atoms with E-state index in [1.807, 2.05) is 6.20 Å². The molecule has 0 aliphatic heterocycles. The molecule has 0 spiro atoms. The summed E-state index contributed by atoms with van der Waals surface area (Å²) < 4.78 is 1.06. The van der Waals surface area contributed by atoms with E-state index in [0.717, 1.165) is 29.9 Å². The third-order valence-corrected chi connectivity index (χ3v) is 3.60. The van der Waals surface area contributed by atoms with Gasteiger partial charge >= 0.3 is 0 Å². The number of rotatable bonds is 7. The van der Waals surface area contributed by atoms with Crippen LogP contribution in [-0.4, -0.2) is 36.1 Å². The second kappa shape index (κ2) is 7.67. The van der Waals surface area contributed by atoms with Crippen LogP contribution >= 0.6 is 15.9 Å². The van der Waals surface area contributed by atoms with Crippen LogP contribution in [0.15, 0.2) is 16.7 Å². The molecule has 0 amide bonds. The van der Waals surface area contributed by atoms with Crippen LogP contribution < -0.4 is 5.32 Å². The van der Waals surface area contributed by atoms with E-state index in [1.165, 1.54) is 18.5 Å². The fraction of sp³-hybridized carbons (Fsp3) is 0.615. The first-order valence-corrected chi connectivity index (χ1v) is 7.05. The molecule has 17 heavy (non-hydrogen) atoms. The third kappa shape index (κ3) is 5.04. The van der Waals surface area contributed by atoms with Gasteiger partial charge in [-0.05, 0) is 54.0 Å². The Hall–Kier alpha value is -0.610. The van der Waals surface area contributed by atoms with E-state index in [9.17, 15) is 0 Å². The van der Waals surface area contributed by atoms with Gasteiger partial charge in [-0.2, -0.15) is 0 Å². The molecule has 0 fully saturated rings. The molecule has 0 radical (unpaired) electrons. The zero-order valence-corrected chi connectivity index (χ0v) is 12.5. The Morgan fingerprint density at radius 1 is 1.35 bits per heavy atom. The fourth-order valence-corrected chi connectivity index (χ4v) is 1.94. The molecule has 0 aromatic carbocycles. The summed E-state index contributed by atoms with van der Waals surface area (Å²) in [4.78, 5) is 6.77. The summed E-state index contributed by atoms with van der Waals surface area (Å²) in [5.74, 6) is 0.957. The van der Waals surface area contributed by atoms with Crippen LogP contribution in [0.2, 0.25) is 0 Å². The highest BCUT2D eigenvalue weighted by Crippen LogP contribution is 2.16. The van der Waals surface area contributed by atoms with Crippen LogP contribution in [0.25, 0.3) is 0 Å². The van der Waals surface area contributed by atoms with Crippen molar-refractivity contribution in [2.24, 2.45) is 0 Å². The lowest BCUT2D eigenvalue weighted by Gasteiger charge is -2.19. The van der Waals surface area contributed by atoms with E-state index in [2.05, 4.69) is 58.0 Å². The van der Waals surface area contributed by atoms with Gasteiger partial charge in [-0.1, -0.05) is 13.8 Å². The monoisotopic (exact) mass is 299 g/mol. The average Bonchev–Trinajstić information content (AvgIpc) is 2.32. The number of anilines is 1. The zero-order valence-electron chi connectivity index (χ0n) is 11.0. The molecule has 0 bridgehead atoms. The number of pyridine rings is 1. The Morgan fingerprint density at radius 2 is 2.12 bits per heavy atom. The summed E-state index contributed by atoms with van der Waals surface area (Å²) in [5.41, 5.74) is 1.21. The first-order chi connectivity index (χ1) is 8.17. The van der Waals surface area contributed by atoms with Crippen molar-refractivity contribution < 1.29 is 0 Å². The summed E-state index contributed by atoms with van der Waals surface area (Å²) in [6.07, 6.45) is 3.06. The minimum absolute atomic E-state index is 0.946. The Balaban J connectivity index is 2.37. The topological polar surface area (TPSA) is 28.2 Å². The number of nitrogens with one attached hydrogen (secondary N) is 1. The second-order valence-corrected chi connectivity index (χ2v) is 5.03. The molecule has 0 saturated carbocycles. The molecule has 0 atom stereocenters. The Bertz CT molecular complexity index is 341. The van der Waals surface area contributed by atoms with Gasteiger partial charge in [0, 0.05) is 23.8 Å². The molecular weight excluding hydrogens is 278 g/mol. The van der Waals surface area contributed by atoms with E-state index < -0.39 is 0 Å². The third-order valence-electron chi connectivity index (χ3n) is 2.77. The van der Waals surface area contributed by atoms with Crippen molar-refractivity contribution >= 4 is 21.7 Å². The molecule has 0 aliphatic rings. The predicted octanol–water partition coefficient (Wildman–Crippen LogP) is 3.30. The minimum Gasteiger partial charge on any atom is -0.369 e. The molecule has 0 saturated heterocycles.